The van der Waals surface area contributed by atoms with Crippen LogP contribution >= 0.6 is 12.6 Å². The third-order valence-corrected chi connectivity index (χ3v) is 2.84. The van der Waals surface area contributed by atoms with Crippen molar-refractivity contribution in [2.75, 3.05) is 6.54 Å². The number of carbonyl (C=O) groups is 1. The van der Waals surface area contributed by atoms with Gasteiger partial charge in [-0.25, -0.2) is 0 Å². The number of hydrogen-bond acceptors (Lipinski definition) is 2. The first-order chi connectivity index (χ1) is 8.24. The molecule has 1 aromatic rings. The highest BCUT2D eigenvalue weighted by Gasteiger charge is 2.13. The van der Waals surface area contributed by atoms with Gasteiger partial charge in [-0.3, -0.25) is 4.79 Å². The fourth-order valence-electron chi connectivity index (χ4n) is 1.49. The normalized spacial score (nSPS) is 12.6. The zero-order valence-corrected chi connectivity index (χ0v) is 11.0. The van der Waals surface area contributed by atoms with Gasteiger partial charge in [0.25, 0.3) is 0 Å². The minimum Gasteiger partial charge on any atom is -0.355 e. The average molecular weight is 249 g/mol. The molecule has 1 unspecified atom stereocenters. The van der Waals surface area contributed by atoms with Crippen molar-refractivity contribution < 1.29 is 4.79 Å². The first-order valence-corrected chi connectivity index (χ1v) is 6.36. The fourth-order valence-corrected chi connectivity index (χ4v) is 1.80. The number of amides is 1. The van der Waals surface area contributed by atoms with E-state index in [-0.39, 0.29) is 11.2 Å². The molecule has 0 bridgehead atoms. The highest BCUT2D eigenvalue weighted by molar-refractivity contribution is 7.81. The maximum atomic E-state index is 11.7. The van der Waals surface area contributed by atoms with Crippen molar-refractivity contribution in [3.8, 4) is 0 Å². The highest BCUT2D eigenvalue weighted by Crippen LogP contribution is 2.07. The molecule has 0 radical (unpaired) electrons. The van der Waals surface area contributed by atoms with Crippen LogP contribution in [0.15, 0.2) is 42.5 Å². The summed E-state index contributed by atoms with van der Waals surface area (Å²) in [7, 11) is 0. The van der Waals surface area contributed by atoms with E-state index in [0.717, 1.165) is 12.0 Å². The maximum absolute atomic E-state index is 11.7. The molecule has 0 fully saturated rings. The molecule has 0 aliphatic rings. The molecule has 0 saturated carbocycles. The summed E-state index contributed by atoms with van der Waals surface area (Å²) >= 11 is 4.33. The van der Waals surface area contributed by atoms with E-state index in [0.29, 0.717) is 13.0 Å². The van der Waals surface area contributed by atoms with Crippen molar-refractivity contribution >= 4 is 18.5 Å². The Morgan fingerprint density at radius 1 is 1.41 bits per heavy atom. The van der Waals surface area contributed by atoms with Crippen LogP contribution in [0.5, 0.6) is 0 Å². The van der Waals surface area contributed by atoms with Gasteiger partial charge in [0.15, 0.2) is 0 Å². The zero-order valence-electron chi connectivity index (χ0n) is 10.1. The van der Waals surface area contributed by atoms with Crippen molar-refractivity contribution in [1.82, 2.24) is 5.32 Å². The molecule has 0 spiro atoms. The molecular formula is C14H19NOS. The van der Waals surface area contributed by atoms with Gasteiger partial charge < -0.3 is 5.32 Å². The monoisotopic (exact) mass is 249 g/mol. The molecule has 0 aliphatic heterocycles. The second-order valence-corrected chi connectivity index (χ2v) is 4.48. The summed E-state index contributed by atoms with van der Waals surface area (Å²) in [5, 5.41) is 2.60. The van der Waals surface area contributed by atoms with Crippen molar-refractivity contribution in [2.24, 2.45) is 0 Å². The van der Waals surface area contributed by atoms with Crippen molar-refractivity contribution in [1.29, 1.82) is 0 Å². The van der Waals surface area contributed by atoms with Gasteiger partial charge in [0, 0.05) is 6.54 Å². The van der Waals surface area contributed by atoms with Crippen molar-refractivity contribution in [2.45, 2.75) is 25.0 Å². The van der Waals surface area contributed by atoms with E-state index in [1.165, 1.54) is 0 Å². The molecule has 1 amide bonds. The highest BCUT2D eigenvalue weighted by atomic mass is 32.1. The van der Waals surface area contributed by atoms with Crippen LogP contribution in [0.1, 0.15) is 18.9 Å². The molecule has 92 valence electrons. The van der Waals surface area contributed by atoms with Gasteiger partial charge >= 0.3 is 0 Å². The topological polar surface area (TPSA) is 29.1 Å². The quantitative estimate of drug-likeness (QED) is 0.453. The van der Waals surface area contributed by atoms with Crippen LogP contribution in [-0.2, 0) is 11.2 Å². The van der Waals surface area contributed by atoms with Gasteiger partial charge in [0.2, 0.25) is 5.91 Å². The Balaban J connectivity index is 2.32. The Hall–Kier alpha value is -1.22. The largest absolute Gasteiger partial charge is 0.355 e. The number of nitrogens with one attached hydrogen (secondary N) is 1. The molecule has 0 heterocycles. The summed E-state index contributed by atoms with van der Waals surface area (Å²) in [6.45, 7) is 2.65. The maximum Gasteiger partial charge on any atom is 0.233 e. The smallest absolute Gasteiger partial charge is 0.233 e. The molecule has 3 heteroatoms. The van der Waals surface area contributed by atoms with Gasteiger partial charge in [-0.15, -0.1) is 0 Å². The molecule has 1 N–H and O–H groups in total. The van der Waals surface area contributed by atoms with Gasteiger partial charge in [-0.1, -0.05) is 42.5 Å². The van der Waals surface area contributed by atoms with Gasteiger partial charge in [0.1, 0.15) is 0 Å². The molecule has 0 aromatic heterocycles. The van der Waals surface area contributed by atoms with E-state index in [1.54, 1.807) is 0 Å². The van der Waals surface area contributed by atoms with Gasteiger partial charge in [-0.2, -0.15) is 12.6 Å². The first kappa shape index (κ1) is 13.8. The second kappa shape index (κ2) is 7.96. The van der Waals surface area contributed by atoms with Gasteiger partial charge in [-0.05, 0) is 25.3 Å². The molecule has 0 aliphatic carbocycles. The van der Waals surface area contributed by atoms with Crippen LogP contribution in [0.4, 0.5) is 0 Å². The molecular weight excluding hydrogens is 230 g/mol. The van der Waals surface area contributed by atoms with Crippen LogP contribution < -0.4 is 5.32 Å². The Morgan fingerprint density at radius 2 is 2.12 bits per heavy atom. The fraction of sp³-hybridized carbons (Fsp3) is 0.357. The minimum atomic E-state index is -0.275. The third kappa shape index (κ3) is 5.59. The number of rotatable bonds is 6. The van der Waals surface area contributed by atoms with E-state index < -0.39 is 0 Å². The SMILES string of the molecule is C/C=C/CCNC(=O)C(S)Cc1ccccc1. The summed E-state index contributed by atoms with van der Waals surface area (Å²) in [4.78, 5) is 11.7. The van der Waals surface area contributed by atoms with Crippen LogP contribution in [0, 0.1) is 0 Å². The lowest BCUT2D eigenvalue weighted by Crippen LogP contribution is -2.33. The van der Waals surface area contributed by atoms with E-state index in [2.05, 4.69) is 17.9 Å². The van der Waals surface area contributed by atoms with Crippen LogP contribution in [0.2, 0.25) is 0 Å². The predicted octanol–water partition coefficient (Wildman–Crippen LogP) is 2.61. The average Bonchev–Trinajstić information content (AvgIpc) is 2.35. The summed E-state index contributed by atoms with van der Waals surface area (Å²) in [5.74, 6) is 0.00156. The standard InChI is InChI=1S/C14H19NOS/c1-2-3-7-10-15-14(16)13(17)11-12-8-5-4-6-9-12/h2-6,8-9,13,17H,7,10-11H2,1H3,(H,15,16)/b3-2+. The van der Waals surface area contributed by atoms with E-state index >= 15 is 0 Å². The Kier molecular flexibility index (Phi) is 6.48. The molecule has 2 nitrogen and oxygen atoms in total. The lowest BCUT2D eigenvalue weighted by atomic mass is 10.1. The summed E-state index contributed by atoms with van der Waals surface area (Å²) in [6, 6.07) is 9.93. The van der Waals surface area contributed by atoms with Crippen molar-refractivity contribution in [3.05, 3.63) is 48.0 Å². The summed E-state index contributed by atoms with van der Waals surface area (Å²) in [6.07, 6.45) is 5.55. The van der Waals surface area contributed by atoms with Gasteiger partial charge in [0.05, 0.1) is 5.25 Å². The number of carbonyl (C=O) groups excluding carboxylic acids is 1. The van der Waals surface area contributed by atoms with E-state index in [1.807, 2.05) is 49.4 Å². The number of benzene rings is 1. The lowest BCUT2D eigenvalue weighted by Gasteiger charge is -2.10. The summed E-state index contributed by atoms with van der Waals surface area (Å²) in [5.41, 5.74) is 1.14. The molecule has 1 atom stereocenters. The summed E-state index contributed by atoms with van der Waals surface area (Å²) < 4.78 is 0. The molecule has 0 saturated heterocycles. The predicted molar refractivity (Wildman–Crippen MR) is 75.4 cm³/mol. The Bertz CT molecular complexity index is 362. The molecule has 17 heavy (non-hydrogen) atoms. The number of allylic oxidation sites excluding steroid dienone is 1. The van der Waals surface area contributed by atoms with E-state index in [4.69, 9.17) is 0 Å². The second-order valence-electron chi connectivity index (χ2n) is 3.85. The van der Waals surface area contributed by atoms with Crippen LogP contribution in [-0.4, -0.2) is 17.7 Å². The third-order valence-electron chi connectivity index (χ3n) is 2.42. The molecule has 1 aromatic carbocycles. The van der Waals surface area contributed by atoms with Crippen LogP contribution in [0.25, 0.3) is 0 Å². The zero-order chi connectivity index (χ0) is 12.5. The molecule has 1 rings (SSSR count). The first-order valence-electron chi connectivity index (χ1n) is 5.85. The van der Waals surface area contributed by atoms with Crippen LogP contribution in [0.3, 0.4) is 0 Å². The minimum absolute atomic E-state index is 0.00156. The number of hydrogen-bond donors (Lipinski definition) is 2. The van der Waals surface area contributed by atoms with Crippen molar-refractivity contribution in [3.63, 3.8) is 0 Å². The Labute approximate surface area is 109 Å². The van der Waals surface area contributed by atoms with E-state index in [9.17, 15) is 4.79 Å². The lowest BCUT2D eigenvalue weighted by molar-refractivity contribution is -0.120. The Morgan fingerprint density at radius 3 is 2.76 bits per heavy atom. The number of thiol groups is 1.